The first-order valence-corrected chi connectivity index (χ1v) is 3.93. The van der Waals surface area contributed by atoms with E-state index in [2.05, 4.69) is 12.2 Å². The van der Waals surface area contributed by atoms with Gasteiger partial charge in [0.05, 0.1) is 0 Å². The predicted molar refractivity (Wildman–Crippen MR) is 45.4 cm³/mol. The molecule has 1 saturated carbocycles. The van der Waals surface area contributed by atoms with Crippen molar-refractivity contribution < 1.29 is 0 Å². The third-order valence-corrected chi connectivity index (χ3v) is 2.38. The quantitative estimate of drug-likeness (QED) is 0.543. The van der Waals surface area contributed by atoms with Crippen molar-refractivity contribution in [2.24, 2.45) is 17.6 Å². The van der Waals surface area contributed by atoms with Crippen LogP contribution in [0.1, 0.15) is 13.3 Å². The highest BCUT2D eigenvalue weighted by molar-refractivity contribution is 6.00. The van der Waals surface area contributed by atoms with Crippen LogP contribution < -0.4 is 5.73 Å². The maximum absolute atomic E-state index is 7.44. The van der Waals surface area contributed by atoms with Crippen molar-refractivity contribution >= 4 is 5.71 Å². The molecule has 2 rings (SSSR count). The normalized spacial score (nSPS) is 33.5. The summed E-state index contributed by atoms with van der Waals surface area (Å²) in [5, 5.41) is 7.44. The summed E-state index contributed by atoms with van der Waals surface area (Å²) in [6, 6.07) is 0. The molecular formula is C9H12N2. The van der Waals surface area contributed by atoms with E-state index in [-0.39, 0.29) is 0 Å². The van der Waals surface area contributed by atoms with Crippen LogP contribution in [-0.2, 0) is 0 Å². The summed E-state index contributed by atoms with van der Waals surface area (Å²) in [5.41, 5.74) is 8.09. The van der Waals surface area contributed by atoms with Crippen LogP contribution in [-0.4, -0.2) is 5.71 Å². The molecule has 0 radical (unpaired) electrons. The van der Waals surface area contributed by atoms with Gasteiger partial charge >= 0.3 is 0 Å². The first kappa shape index (κ1) is 6.65. The first-order chi connectivity index (χ1) is 5.18. The second-order valence-corrected chi connectivity index (χ2v) is 3.39. The minimum Gasteiger partial charge on any atom is -0.398 e. The van der Waals surface area contributed by atoms with Gasteiger partial charge in [0.2, 0.25) is 0 Å². The molecule has 0 aromatic heterocycles. The Labute approximate surface area is 66.3 Å². The van der Waals surface area contributed by atoms with E-state index in [9.17, 15) is 0 Å². The molecule has 0 bridgehead atoms. The van der Waals surface area contributed by atoms with Crippen LogP contribution >= 0.6 is 0 Å². The van der Waals surface area contributed by atoms with Gasteiger partial charge in [-0.2, -0.15) is 0 Å². The third-order valence-electron chi connectivity index (χ3n) is 2.38. The van der Waals surface area contributed by atoms with Gasteiger partial charge in [-0.25, -0.2) is 0 Å². The van der Waals surface area contributed by atoms with E-state index in [0.29, 0.717) is 17.5 Å². The Bertz CT molecular complexity index is 273. The zero-order valence-electron chi connectivity index (χ0n) is 6.59. The van der Waals surface area contributed by atoms with Gasteiger partial charge < -0.3 is 11.1 Å². The molecule has 2 aliphatic carbocycles. The molecule has 0 aromatic carbocycles. The molecule has 0 spiro atoms. The number of hydrogen-bond acceptors (Lipinski definition) is 2. The summed E-state index contributed by atoms with van der Waals surface area (Å²) in [6.07, 6.45) is 5.47. The number of rotatable bonds is 1. The lowest BCUT2D eigenvalue weighted by atomic mass is 10.0. The summed E-state index contributed by atoms with van der Waals surface area (Å²) < 4.78 is 0. The van der Waals surface area contributed by atoms with E-state index in [1.807, 2.05) is 0 Å². The SMILES string of the molecule is CC(=N)C1=CC2CC2C=C1N. The Morgan fingerprint density at radius 1 is 1.55 bits per heavy atom. The third kappa shape index (κ3) is 0.985. The lowest BCUT2D eigenvalue weighted by molar-refractivity contribution is 0.949. The Hall–Kier alpha value is -1.05. The molecule has 2 unspecified atom stereocenters. The molecule has 0 aromatic rings. The van der Waals surface area contributed by atoms with Gasteiger partial charge in [0.25, 0.3) is 0 Å². The molecule has 0 heterocycles. The van der Waals surface area contributed by atoms with Crippen LogP contribution in [0.4, 0.5) is 0 Å². The molecule has 2 heteroatoms. The number of nitrogens with one attached hydrogen (secondary N) is 1. The van der Waals surface area contributed by atoms with E-state index in [1.165, 1.54) is 6.42 Å². The van der Waals surface area contributed by atoms with Gasteiger partial charge in [0.1, 0.15) is 0 Å². The molecule has 1 fully saturated rings. The summed E-state index contributed by atoms with van der Waals surface area (Å²) in [4.78, 5) is 0. The summed E-state index contributed by atoms with van der Waals surface area (Å²) in [6.45, 7) is 1.79. The van der Waals surface area contributed by atoms with Gasteiger partial charge in [-0.15, -0.1) is 0 Å². The van der Waals surface area contributed by atoms with Gasteiger partial charge in [-0.05, 0) is 25.2 Å². The number of hydrogen-bond donors (Lipinski definition) is 2. The Morgan fingerprint density at radius 2 is 2.18 bits per heavy atom. The van der Waals surface area contributed by atoms with Crippen molar-refractivity contribution in [1.29, 1.82) is 5.41 Å². The largest absolute Gasteiger partial charge is 0.398 e. The van der Waals surface area contributed by atoms with Crippen LogP contribution in [0.2, 0.25) is 0 Å². The van der Waals surface area contributed by atoms with E-state index >= 15 is 0 Å². The summed E-state index contributed by atoms with van der Waals surface area (Å²) in [5.74, 6) is 1.38. The fourth-order valence-electron chi connectivity index (χ4n) is 1.59. The lowest BCUT2D eigenvalue weighted by Gasteiger charge is -2.09. The number of allylic oxidation sites excluding steroid dienone is 3. The summed E-state index contributed by atoms with van der Waals surface area (Å²) in [7, 11) is 0. The second-order valence-electron chi connectivity index (χ2n) is 3.39. The maximum Gasteiger partial charge on any atom is 0.0372 e. The van der Waals surface area contributed by atoms with E-state index in [0.717, 1.165) is 11.3 Å². The molecule has 58 valence electrons. The molecular weight excluding hydrogens is 136 g/mol. The fourth-order valence-corrected chi connectivity index (χ4v) is 1.59. The second kappa shape index (κ2) is 1.97. The minimum atomic E-state index is 0.587. The van der Waals surface area contributed by atoms with Crippen LogP contribution in [0.3, 0.4) is 0 Å². The summed E-state index contributed by atoms with van der Waals surface area (Å²) >= 11 is 0. The Morgan fingerprint density at radius 3 is 2.82 bits per heavy atom. The Balaban J connectivity index is 2.32. The highest BCUT2D eigenvalue weighted by Gasteiger charge is 2.37. The van der Waals surface area contributed by atoms with E-state index < -0.39 is 0 Å². The highest BCUT2D eigenvalue weighted by Crippen LogP contribution is 2.45. The molecule has 2 nitrogen and oxygen atoms in total. The van der Waals surface area contributed by atoms with Crippen molar-refractivity contribution in [2.75, 3.05) is 0 Å². The van der Waals surface area contributed by atoms with E-state index in [1.54, 1.807) is 6.92 Å². The zero-order chi connectivity index (χ0) is 8.01. The van der Waals surface area contributed by atoms with Crippen molar-refractivity contribution in [3.05, 3.63) is 23.4 Å². The van der Waals surface area contributed by atoms with Crippen LogP contribution in [0.5, 0.6) is 0 Å². The molecule has 3 N–H and O–H groups in total. The number of fused-ring (bicyclic) bond motifs is 1. The molecule has 0 saturated heterocycles. The molecule has 11 heavy (non-hydrogen) atoms. The molecule has 0 amide bonds. The van der Waals surface area contributed by atoms with Gasteiger partial charge in [-0.1, -0.05) is 12.2 Å². The van der Waals surface area contributed by atoms with Crippen molar-refractivity contribution in [2.45, 2.75) is 13.3 Å². The average Bonchev–Trinajstić information content (AvgIpc) is 2.63. The minimum absolute atomic E-state index is 0.587. The van der Waals surface area contributed by atoms with Gasteiger partial charge in [0, 0.05) is 17.0 Å². The smallest absolute Gasteiger partial charge is 0.0372 e. The van der Waals surface area contributed by atoms with Crippen LogP contribution in [0.25, 0.3) is 0 Å². The average molecular weight is 148 g/mol. The highest BCUT2D eigenvalue weighted by atomic mass is 14.6. The zero-order valence-corrected chi connectivity index (χ0v) is 6.59. The lowest BCUT2D eigenvalue weighted by Crippen LogP contribution is -2.11. The molecule has 2 aliphatic rings. The fraction of sp³-hybridized carbons (Fsp3) is 0.444. The molecule has 0 aliphatic heterocycles. The monoisotopic (exact) mass is 148 g/mol. The number of nitrogens with two attached hydrogens (primary N) is 1. The van der Waals surface area contributed by atoms with E-state index in [4.69, 9.17) is 11.1 Å². The van der Waals surface area contributed by atoms with Gasteiger partial charge in [-0.3, -0.25) is 0 Å². The van der Waals surface area contributed by atoms with Gasteiger partial charge in [0.15, 0.2) is 0 Å². The standard InChI is InChI=1S/C9H12N2/c1-5(10)8-3-6-2-7(6)4-9(8)11/h3-4,6-7,10H,2,11H2,1H3. The van der Waals surface area contributed by atoms with Crippen molar-refractivity contribution in [1.82, 2.24) is 0 Å². The molecule has 2 atom stereocenters. The topological polar surface area (TPSA) is 49.9 Å². The Kier molecular flexibility index (Phi) is 1.19. The predicted octanol–water partition coefficient (Wildman–Crippen LogP) is 1.44. The van der Waals surface area contributed by atoms with Crippen molar-refractivity contribution in [3.8, 4) is 0 Å². The van der Waals surface area contributed by atoms with Crippen molar-refractivity contribution in [3.63, 3.8) is 0 Å². The first-order valence-electron chi connectivity index (χ1n) is 3.93. The van der Waals surface area contributed by atoms with Crippen LogP contribution in [0.15, 0.2) is 23.4 Å². The van der Waals surface area contributed by atoms with Crippen LogP contribution in [0, 0.1) is 17.2 Å². The maximum atomic E-state index is 7.44.